The van der Waals surface area contributed by atoms with Gasteiger partial charge < -0.3 is 5.32 Å². The van der Waals surface area contributed by atoms with Crippen molar-refractivity contribution in [2.75, 3.05) is 11.9 Å². The van der Waals surface area contributed by atoms with Crippen LogP contribution in [0.2, 0.25) is 5.02 Å². The maximum atomic E-state index is 13.2. The predicted octanol–water partition coefficient (Wildman–Crippen LogP) is 3.69. The normalized spacial score (nSPS) is 12.5. The molecule has 1 rings (SSSR count). The topological polar surface area (TPSA) is 24.9 Å². The minimum atomic E-state index is -0.429. The number of pyridine rings is 1. The van der Waals surface area contributed by atoms with Crippen molar-refractivity contribution < 1.29 is 4.39 Å². The summed E-state index contributed by atoms with van der Waals surface area (Å²) in [6, 6.07) is 1.24. The van der Waals surface area contributed by atoms with E-state index in [2.05, 4.69) is 10.3 Å². The molecule has 0 spiro atoms. The summed E-state index contributed by atoms with van der Waals surface area (Å²) in [4.78, 5) is 3.84. The first-order valence-electron chi connectivity index (χ1n) is 4.78. The molecule has 0 bridgehead atoms. The van der Waals surface area contributed by atoms with Crippen LogP contribution in [0.1, 0.15) is 19.8 Å². The highest BCUT2D eigenvalue weighted by atomic mass is 35.5. The zero-order valence-electron chi connectivity index (χ0n) is 8.43. The Labute approximate surface area is 98.8 Å². The lowest BCUT2D eigenvalue weighted by Crippen LogP contribution is -2.06. The van der Waals surface area contributed by atoms with Gasteiger partial charge in [-0.05, 0) is 25.8 Å². The van der Waals surface area contributed by atoms with Crippen LogP contribution in [-0.4, -0.2) is 16.9 Å². The molecule has 84 valence electrons. The second-order valence-electron chi connectivity index (χ2n) is 3.33. The van der Waals surface area contributed by atoms with Crippen LogP contribution in [0.4, 0.5) is 10.2 Å². The molecule has 5 heteroatoms. The molecule has 1 aromatic rings. The van der Waals surface area contributed by atoms with Gasteiger partial charge in [-0.25, -0.2) is 9.37 Å². The minimum absolute atomic E-state index is 0.148. The van der Waals surface area contributed by atoms with Gasteiger partial charge in [-0.15, -0.1) is 11.6 Å². The van der Waals surface area contributed by atoms with E-state index >= 15 is 0 Å². The average molecular weight is 251 g/mol. The Morgan fingerprint density at radius 1 is 1.60 bits per heavy atom. The van der Waals surface area contributed by atoms with Gasteiger partial charge in [0.2, 0.25) is 0 Å². The van der Waals surface area contributed by atoms with Gasteiger partial charge in [0.25, 0.3) is 0 Å². The molecule has 1 aromatic heterocycles. The molecule has 0 radical (unpaired) electrons. The largest absolute Gasteiger partial charge is 0.368 e. The molecule has 15 heavy (non-hydrogen) atoms. The molecule has 1 atom stereocenters. The van der Waals surface area contributed by atoms with Crippen LogP contribution < -0.4 is 5.32 Å². The lowest BCUT2D eigenvalue weighted by molar-refractivity contribution is 0.623. The van der Waals surface area contributed by atoms with Crippen molar-refractivity contribution in [2.24, 2.45) is 0 Å². The molecular weight excluding hydrogens is 238 g/mol. The molecule has 0 saturated heterocycles. The third kappa shape index (κ3) is 4.67. The van der Waals surface area contributed by atoms with Crippen LogP contribution >= 0.6 is 23.2 Å². The van der Waals surface area contributed by atoms with Crippen molar-refractivity contribution in [2.45, 2.75) is 25.1 Å². The molecular formula is C10H13Cl2FN2. The molecule has 1 unspecified atom stereocenters. The Kier molecular flexibility index (Phi) is 5.12. The van der Waals surface area contributed by atoms with E-state index in [9.17, 15) is 4.39 Å². The summed E-state index contributed by atoms with van der Waals surface area (Å²) in [6.45, 7) is 2.59. The van der Waals surface area contributed by atoms with Crippen LogP contribution in [0.25, 0.3) is 0 Å². The average Bonchev–Trinajstić information content (AvgIpc) is 2.14. The van der Waals surface area contributed by atoms with Crippen molar-refractivity contribution in [3.63, 3.8) is 0 Å². The zero-order valence-corrected chi connectivity index (χ0v) is 9.95. The lowest BCUT2D eigenvalue weighted by atomic mass is 10.2. The van der Waals surface area contributed by atoms with E-state index < -0.39 is 5.82 Å². The summed E-state index contributed by atoms with van der Waals surface area (Å²) < 4.78 is 13.2. The van der Waals surface area contributed by atoms with Crippen LogP contribution in [0.15, 0.2) is 12.3 Å². The number of hydrogen-bond donors (Lipinski definition) is 1. The monoisotopic (exact) mass is 250 g/mol. The maximum absolute atomic E-state index is 13.2. The fourth-order valence-electron chi connectivity index (χ4n) is 1.13. The Morgan fingerprint density at radius 3 is 2.93 bits per heavy atom. The first-order chi connectivity index (χ1) is 7.09. The van der Waals surface area contributed by atoms with Crippen molar-refractivity contribution in [3.05, 3.63) is 23.1 Å². The molecule has 0 aliphatic heterocycles. The zero-order chi connectivity index (χ0) is 11.3. The Morgan fingerprint density at radius 2 is 2.33 bits per heavy atom. The quantitative estimate of drug-likeness (QED) is 0.637. The highest BCUT2D eigenvalue weighted by Crippen LogP contribution is 2.15. The molecule has 1 heterocycles. The number of nitrogens with one attached hydrogen (secondary N) is 1. The second kappa shape index (κ2) is 6.13. The Bertz CT molecular complexity index is 318. The Hall–Kier alpha value is -0.540. The number of anilines is 1. The van der Waals surface area contributed by atoms with E-state index in [4.69, 9.17) is 23.2 Å². The fraction of sp³-hybridized carbons (Fsp3) is 0.500. The number of aromatic nitrogens is 1. The van der Waals surface area contributed by atoms with Crippen molar-refractivity contribution in [3.8, 4) is 0 Å². The van der Waals surface area contributed by atoms with Crippen LogP contribution in [0.3, 0.4) is 0 Å². The summed E-state index contributed by atoms with van der Waals surface area (Å²) in [5, 5.41) is 3.34. The Balaban J connectivity index is 2.37. The number of halogens is 3. The first kappa shape index (κ1) is 12.5. The van der Waals surface area contributed by atoms with Crippen LogP contribution in [-0.2, 0) is 0 Å². The summed E-state index contributed by atoms with van der Waals surface area (Å²) in [5.74, 6) is -0.192. The third-order valence-electron chi connectivity index (χ3n) is 1.88. The fourth-order valence-corrected chi connectivity index (χ4v) is 1.43. The van der Waals surface area contributed by atoms with Crippen molar-refractivity contribution in [1.29, 1.82) is 0 Å². The van der Waals surface area contributed by atoms with E-state index in [0.717, 1.165) is 12.8 Å². The number of rotatable bonds is 5. The highest BCUT2D eigenvalue weighted by molar-refractivity contribution is 6.30. The number of nitrogens with zero attached hydrogens (tertiary/aromatic N) is 1. The third-order valence-corrected chi connectivity index (χ3v) is 2.30. The lowest BCUT2D eigenvalue weighted by Gasteiger charge is -2.07. The van der Waals surface area contributed by atoms with Gasteiger partial charge in [-0.1, -0.05) is 11.6 Å². The molecule has 0 amide bonds. The molecule has 1 N–H and O–H groups in total. The SMILES string of the molecule is CC(Cl)CCCNc1ncc(Cl)cc1F. The van der Waals surface area contributed by atoms with Crippen LogP contribution in [0, 0.1) is 5.82 Å². The second-order valence-corrected chi connectivity index (χ2v) is 4.52. The molecule has 0 aromatic carbocycles. The van der Waals surface area contributed by atoms with Gasteiger partial charge in [-0.3, -0.25) is 0 Å². The number of hydrogen-bond acceptors (Lipinski definition) is 2. The first-order valence-corrected chi connectivity index (χ1v) is 5.60. The maximum Gasteiger partial charge on any atom is 0.166 e. The molecule has 0 saturated carbocycles. The van der Waals surface area contributed by atoms with E-state index in [1.54, 1.807) is 0 Å². The predicted molar refractivity (Wildman–Crippen MR) is 62.2 cm³/mol. The summed E-state index contributed by atoms with van der Waals surface area (Å²) in [6.07, 6.45) is 3.19. The highest BCUT2D eigenvalue weighted by Gasteiger charge is 2.03. The molecule has 0 aliphatic rings. The smallest absolute Gasteiger partial charge is 0.166 e. The van der Waals surface area contributed by atoms with E-state index in [1.807, 2.05) is 6.92 Å². The summed E-state index contributed by atoms with van der Waals surface area (Å²) in [7, 11) is 0. The van der Waals surface area contributed by atoms with Crippen molar-refractivity contribution in [1.82, 2.24) is 4.98 Å². The van der Waals surface area contributed by atoms with E-state index in [-0.39, 0.29) is 11.2 Å². The molecule has 2 nitrogen and oxygen atoms in total. The van der Waals surface area contributed by atoms with Crippen molar-refractivity contribution >= 4 is 29.0 Å². The summed E-state index contributed by atoms with van der Waals surface area (Å²) in [5.41, 5.74) is 0. The van der Waals surface area contributed by atoms with Crippen LogP contribution in [0.5, 0.6) is 0 Å². The molecule has 0 aliphatic carbocycles. The van der Waals surface area contributed by atoms with Gasteiger partial charge in [0, 0.05) is 18.1 Å². The number of alkyl halides is 1. The standard InChI is InChI=1S/C10H13Cl2FN2/c1-7(11)3-2-4-14-10-9(13)5-8(12)6-15-10/h5-7H,2-4H2,1H3,(H,14,15). The molecule has 0 fully saturated rings. The van der Waals surface area contributed by atoms with Gasteiger partial charge in [0.15, 0.2) is 11.6 Å². The van der Waals surface area contributed by atoms with Gasteiger partial charge >= 0.3 is 0 Å². The van der Waals surface area contributed by atoms with Gasteiger partial charge in [-0.2, -0.15) is 0 Å². The minimum Gasteiger partial charge on any atom is -0.368 e. The van der Waals surface area contributed by atoms with Gasteiger partial charge in [0.05, 0.1) is 5.02 Å². The summed E-state index contributed by atoms with van der Waals surface area (Å²) >= 11 is 11.3. The van der Waals surface area contributed by atoms with E-state index in [0.29, 0.717) is 11.6 Å². The van der Waals surface area contributed by atoms with E-state index in [1.165, 1.54) is 12.3 Å². The van der Waals surface area contributed by atoms with Gasteiger partial charge in [0.1, 0.15) is 0 Å².